The average Bonchev–Trinajstić information content (AvgIpc) is 3.12. The number of rotatable bonds is 8. The molecule has 30 heavy (non-hydrogen) atoms. The van der Waals surface area contributed by atoms with Gasteiger partial charge in [-0.3, -0.25) is 4.79 Å². The molecule has 1 atom stereocenters. The molecular weight excluding hydrogens is 439 g/mol. The zero-order valence-corrected chi connectivity index (χ0v) is 19.1. The molecule has 0 aliphatic heterocycles. The van der Waals surface area contributed by atoms with Crippen LogP contribution in [-0.2, 0) is 12.3 Å². The molecule has 5 nitrogen and oxygen atoms in total. The molecule has 0 bridgehead atoms. The SMILES string of the molecule is C=CCn1c(SCc2ccc(Cl)c(Cl)c2)nnc1[C@H](C)NC(=O)c1ccc(C)cc1. The van der Waals surface area contributed by atoms with E-state index in [2.05, 4.69) is 22.1 Å². The fourth-order valence-electron chi connectivity index (χ4n) is 2.85. The van der Waals surface area contributed by atoms with Gasteiger partial charge >= 0.3 is 0 Å². The predicted molar refractivity (Wildman–Crippen MR) is 123 cm³/mol. The summed E-state index contributed by atoms with van der Waals surface area (Å²) in [5.41, 5.74) is 2.75. The number of nitrogens with one attached hydrogen (secondary N) is 1. The third-order valence-corrected chi connectivity index (χ3v) is 6.23. The first kappa shape index (κ1) is 22.4. The maximum atomic E-state index is 12.6. The van der Waals surface area contributed by atoms with Crippen LogP contribution < -0.4 is 5.32 Å². The van der Waals surface area contributed by atoms with Crippen molar-refractivity contribution in [3.8, 4) is 0 Å². The lowest BCUT2D eigenvalue weighted by Gasteiger charge is -2.15. The Morgan fingerprint density at radius 1 is 1.20 bits per heavy atom. The average molecular weight is 461 g/mol. The van der Waals surface area contributed by atoms with Gasteiger partial charge < -0.3 is 9.88 Å². The Balaban J connectivity index is 1.73. The Labute approximate surface area is 190 Å². The number of aryl methyl sites for hydroxylation is 1. The molecule has 1 N–H and O–H groups in total. The summed E-state index contributed by atoms with van der Waals surface area (Å²) in [6, 6.07) is 12.7. The Kier molecular flexibility index (Phi) is 7.58. The van der Waals surface area contributed by atoms with E-state index in [0.29, 0.717) is 33.7 Å². The lowest BCUT2D eigenvalue weighted by Crippen LogP contribution is -2.28. The number of carbonyl (C=O) groups is 1. The van der Waals surface area contributed by atoms with Gasteiger partial charge in [-0.1, -0.05) is 64.8 Å². The number of aromatic nitrogens is 3. The molecule has 0 saturated carbocycles. The van der Waals surface area contributed by atoms with Crippen LogP contribution in [0.15, 0.2) is 60.3 Å². The minimum absolute atomic E-state index is 0.152. The van der Waals surface area contributed by atoms with Gasteiger partial charge in [0, 0.05) is 17.9 Å². The first-order chi connectivity index (χ1) is 14.4. The van der Waals surface area contributed by atoms with Gasteiger partial charge in [0.15, 0.2) is 11.0 Å². The molecule has 156 valence electrons. The normalized spacial score (nSPS) is 11.9. The lowest BCUT2D eigenvalue weighted by atomic mass is 10.1. The molecule has 3 aromatic rings. The molecule has 0 spiro atoms. The third-order valence-electron chi connectivity index (χ3n) is 4.46. The predicted octanol–water partition coefficient (Wildman–Crippen LogP) is 5.86. The highest BCUT2D eigenvalue weighted by atomic mass is 35.5. The first-order valence-corrected chi connectivity index (χ1v) is 11.1. The lowest BCUT2D eigenvalue weighted by molar-refractivity contribution is 0.0937. The van der Waals surface area contributed by atoms with Crippen LogP contribution >= 0.6 is 35.0 Å². The van der Waals surface area contributed by atoms with Crippen molar-refractivity contribution < 1.29 is 4.79 Å². The molecular formula is C22H22Cl2N4OS. The number of halogens is 2. The van der Waals surface area contributed by atoms with Crippen LogP contribution in [0, 0.1) is 6.92 Å². The van der Waals surface area contributed by atoms with E-state index in [1.165, 1.54) is 11.8 Å². The highest BCUT2D eigenvalue weighted by Crippen LogP contribution is 2.28. The van der Waals surface area contributed by atoms with Gasteiger partial charge in [-0.2, -0.15) is 0 Å². The first-order valence-electron chi connectivity index (χ1n) is 9.37. The molecule has 0 aliphatic rings. The molecule has 1 aromatic heterocycles. The van der Waals surface area contributed by atoms with Crippen molar-refractivity contribution >= 4 is 40.9 Å². The van der Waals surface area contributed by atoms with Crippen molar-refractivity contribution in [2.24, 2.45) is 0 Å². The van der Waals surface area contributed by atoms with Gasteiger partial charge in [0.05, 0.1) is 16.1 Å². The maximum Gasteiger partial charge on any atom is 0.251 e. The molecule has 0 radical (unpaired) electrons. The van der Waals surface area contributed by atoms with E-state index in [1.54, 1.807) is 12.1 Å². The van der Waals surface area contributed by atoms with Crippen molar-refractivity contribution in [1.29, 1.82) is 0 Å². The Morgan fingerprint density at radius 3 is 2.60 bits per heavy atom. The highest BCUT2D eigenvalue weighted by molar-refractivity contribution is 7.98. The molecule has 1 amide bonds. The number of amides is 1. The number of hydrogen-bond donors (Lipinski definition) is 1. The van der Waals surface area contributed by atoms with Gasteiger partial charge in [-0.05, 0) is 43.7 Å². The zero-order chi connectivity index (χ0) is 21.7. The van der Waals surface area contributed by atoms with Crippen molar-refractivity contribution in [2.45, 2.75) is 37.3 Å². The second-order valence-corrected chi connectivity index (χ2v) is 8.60. The van der Waals surface area contributed by atoms with Gasteiger partial charge in [0.2, 0.25) is 0 Å². The summed E-state index contributed by atoms with van der Waals surface area (Å²) in [4.78, 5) is 12.6. The second-order valence-electron chi connectivity index (χ2n) is 6.84. The quantitative estimate of drug-likeness (QED) is 0.337. The topological polar surface area (TPSA) is 59.8 Å². The van der Waals surface area contributed by atoms with E-state index < -0.39 is 0 Å². The van der Waals surface area contributed by atoms with Gasteiger partial charge in [-0.25, -0.2) is 0 Å². The number of thioether (sulfide) groups is 1. The number of carbonyl (C=O) groups excluding carboxylic acids is 1. The van der Waals surface area contributed by atoms with E-state index in [9.17, 15) is 4.79 Å². The number of nitrogens with zero attached hydrogens (tertiary/aromatic N) is 3. The summed E-state index contributed by atoms with van der Waals surface area (Å²) in [5, 5.41) is 13.4. The Hall–Kier alpha value is -2.28. The number of benzene rings is 2. The summed E-state index contributed by atoms with van der Waals surface area (Å²) < 4.78 is 1.95. The highest BCUT2D eigenvalue weighted by Gasteiger charge is 2.20. The fourth-order valence-corrected chi connectivity index (χ4v) is 4.07. The largest absolute Gasteiger partial charge is 0.342 e. The molecule has 0 fully saturated rings. The van der Waals surface area contributed by atoms with E-state index in [-0.39, 0.29) is 11.9 Å². The Morgan fingerprint density at radius 2 is 1.93 bits per heavy atom. The number of allylic oxidation sites excluding steroid dienone is 1. The third kappa shape index (κ3) is 5.45. The van der Waals surface area contributed by atoms with Gasteiger partial charge in [0.1, 0.15) is 0 Å². The van der Waals surface area contributed by atoms with Crippen LogP contribution in [0.1, 0.15) is 40.3 Å². The van der Waals surface area contributed by atoms with Crippen LogP contribution in [0.3, 0.4) is 0 Å². The molecule has 2 aromatic carbocycles. The Bertz CT molecular complexity index is 1050. The van der Waals surface area contributed by atoms with E-state index in [0.717, 1.165) is 16.3 Å². The van der Waals surface area contributed by atoms with E-state index in [1.807, 2.05) is 54.8 Å². The standard InChI is InChI=1S/C22H22Cl2N4OS/c1-4-11-28-20(15(3)25-21(29)17-8-5-14(2)6-9-17)26-27-22(28)30-13-16-7-10-18(23)19(24)12-16/h4-10,12,15H,1,11,13H2,2-3H3,(H,25,29)/t15-/m0/s1. The smallest absolute Gasteiger partial charge is 0.251 e. The molecule has 0 unspecified atom stereocenters. The van der Waals surface area contributed by atoms with Crippen molar-refractivity contribution in [1.82, 2.24) is 20.1 Å². The molecule has 8 heteroatoms. The number of hydrogen-bond acceptors (Lipinski definition) is 4. The summed E-state index contributed by atoms with van der Waals surface area (Å²) in [5.74, 6) is 1.18. The van der Waals surface area contributed by atoms with Crippen LogP contribution in [0.4, 0.5) is 0 Å². The van der Waals surface area contributed by atoms with Gasteiger partial charge in [-0.15, -0.1) is 16.8 Å². The van der Waals surface area contributed by atoms with Crippen molar-refractivity contribution in [2.75, 3.05) is 0 Å². The van der Waals surface area contributed by atoms with E-state index >= 15 is 0 Å². The summed E-state index contributed by atoms with van der Waals surface area (Å²) in [6.45, 7) is 8.24. The summed E-state index contributed by atoms with van der Waals surface area (Å²) in [6.07, 6.45) is 1.78. The maximum absolute atomic E-state index is 12.6. The van der Waals surface area contributed by atoms with Gasteiger partial charge in [0.25, 0.3) is 5.91 Å². The molecule has 3 rings (SSSR count). The van der Waals surface area contributed by atoms with Crippen LogP contribution in [-0.4, -0.2) is 20.7 Å². The monoisotopic (exact) mass is 460 g/mol. The molecule has 0 aliphatic carbocycles. The minimum atomic E-state index is -0.314. The fraction of sp³-hybridized carbons (Fsp3) is 0.227. The minimum Gasteiger partial charge on any atom is -0.342 e. The van der Waals surface area contributed by atoms with Crippen LogP contribution in [0.25, 0.3) is 0 Å². The van der Waals surface area contributed by atoms with Crippen molar-refractivity contribution in [3.63, 3.8) is 0 Å². The zero-order valence-electron chi connectivity index (χ0n) is 16.7. The van der Waals surface area contributed by atoms with Crippen molar-refractivity contribution in [3.05, 3.63) is 87.7 Å². The van der Waals surface area contributed by atoms with E-state index in [4.69, 9.17) is 23.2 Å². The second kappa shape index (κ2) is 10.2. The summed E-state index contributed by atoms with van der Waals surface area (Å²) >= 11 is 13.6. The summed E-state index contributed by atoms with van der Waals surface area (Å²) in [7, 11) is 0. The van der Waals surface area contributed by atoms with Crippen LogP contribution in [0.2, 0.25) is 10.0 Å². The molecule has 0 saturated heterocycles. The van der Waals surface area contributed by atoms with Crippen LogP contribution in [0.5, 0.6) is 0 Å². The molecule has 1 heterocycles.